The molecule has 2 atom stereocenters. The van der Waals surface area contributed by atoms with Gasteiger partial charge in [-0.05, 0) is 19.9 Å². The maximum Gasteiger partial charge on any atom is 0.272 e. The molecule has 1 aliphatic carbocycles. The Hall–Kier alpha value is -1.67. The number of aromatic nitrogens is 3. The zero-order valence-corrected chi connectivity index (χ0v) is 14.2. The van der Waals surface area contributed by atoms with Gasteiger partial charge in [-0.3, -0.25) is 14.8 Å². The molecule has 2 aromatic rings. The molecule has 23 heavy (non-hydrogen) atoms. The van der Waals surface area contributed by atoms with Crippen LogP contribution in [0.2, 0.25) is 0 Å². The molecule has 0 amide bonds. The second-order valence-corrected chi connectivity index (χ2v) is 8.64. The average Bonchev–Trinajstić information content (AvgIpc) is 2.95. The van der Waals surface area contributed by atoms with Crippen LogP contribution >= 0.6 is 0 Å². The van der Waals surface area contributed by atoms with Crippen LogP contribution in [0.3, 0.4) is 0 Å². The molecule has 0 bridgehead atoms. The number of H-pyrrole nitrogens is 1. The van der Waals surface area contributed by atoms with Crippen molar-refractivity contribution in [1.29, 1.82) is 0 Å². The van der Waals surface area contributed by atoms with Crippen LogP contribution in [0.15, 0.2) is 23.1 Å². The highest BCUT2D eigenvalue weighted by molar-refractivity contribution is 7.91. The van der Waals surface area contributed by atoms with Gasteiger partial charge in [-0.1, -0.05) is 12.8 Å². The van der Waals surface area contributed by atoms with E-state index in [1.165, 1.54) is 16.8 Å². The molecule has 0 radical (unpaired) electrons. The molecule has 3 rings (SSSR count). The van der Waals surface area contributed by atoms with Crippen LogP contribution in [0.4, 0.5) is 0 Å². The molecular formula is C15H22N4O3S. The van der Waals surface area contributed by atoms with Gasteiger partial charge in [0.1, 0.15) is 0 Å². The van der Waals surface area contributed by atoms with E-state index in [-0.39, 0.29) is 16.9 Å². The van der Waals surface area contributed by atoms with E-state index in [4.69, 9.17) is 0 Å². The zero-order chi connectivity index (χ0) is 16.6. The zero-order valence-electron chi connectivity index (χ0n) is 13.4. The molecule has 1 fully saturated rings. The van der Waals surface area contributed by atoms with Gasteiger partial charge in [-0.2, -0.15) is 0 Å². The predicted octanol–water partition coefficient (Wildman–Crippen LogP) is 0.810. The molecule has 0 spiro atoms. The molecule has 0 aromatic carbocycles. The van der Waals surface area contributed by atoms with Gasteiger partial charge in [0, 0.05) is 37.2 Å². The van der Waals surface area contributed by atoms with Crippen molar-refractivity contribution in [3.63, 3.8) is 0 Å². The number of rotatable bonds is 4. The van der Waals surface area contributed by atoms with E-state index >= 15 is 0 Å². The molecule has 0 aliphatic heterocycles. The number of sulfone groups is 1. The minimum absolute atomic E-state index is 0.0229. The fraction of sp³-hybridized carbons (Fsp3) is 0.600. The third kappa shape index (κ3) is 3.32. The van der Waals surface area contributed by atoms with Crippen LogP contribution < -0.4 is 5.56 Å². The Morgan fingerprint density at radius 2 is 2.13 bits per heavy atom. The second-order valence-electron chi connectivity index (χ2n) is 6.38. The number of nitrogens with zero attached hydrogens (tertiary/aromatic N) is 3. The smallest absolute Gasteiger partial charge is 0.272 e. The quantitative estimate of drug-likeness (QED) is 0.891. The summed E-state index contributed by atoms with van der Waals surface area (Å²) in [6.07, 6.45) is 6.55. The summed E-state index contributed by atoms with van der Waals surface area (Å²) >= 11 is 0. The van der Waals surface area contributed by atoms with Crippen molar-refractivity contribution in [3.8, 4) is 0 Å². The Morgan fingerprint density at radius 1 is 1.39 bits per heavy atom. The Labute approximate surface area is 135 Å². The van der Waals surface area contributed by atoms with Crippen molar-refractivity contribution >= 4 is 15.5 Å². The van der Waals surface area contributed by atoms with Crippen LogP contribution in [0.1, 0.15) is 31.4 Å². The second kappa shape index (κ2) is 6.09. The standard InChI is InChI=1S/C15H22N4O3S/c1-18(12-5-3-4-6-13(12)23(2,21)22)10-11-9-15(20)19-14(17-11)7-8-16-19/h7-9,12-13,16H,3-6,10H2,1-2H3/t12-,13+/m0/s1. The van der Waals surface area contributed by atoms with Gasteiger partial charge in [0.2, 0.25) is 0 Å². The third-order valence-corrected chi connectivity index (χ3v) is 6.28. The summed E-state index contributed by atoms with van der Waals surface area (Å²) < 4.78 is 25.5. The van der Waals surface area contributed by atoms with E-state index in [9.17, 15) is 13.2 Å². The van der Waals surface area contributed by atoms with Crippen molar-refractivity contribution in [2.45, 2.75) is 43.5 Å². The van der Waals surface area contributed by atoms with Crippen molar-refractivity contribution < 1.29 is 8.42 Å². The van der Waals surface area contributed by atoms with Gasteiger partial charge in [0.25, 0.3) is 5.56 Å². The fourth-order valence-corrected chi connectivity index (χ4v) is 5.02. The Morgan fingerprint density at radius 3 is 2.87 bits per heavy atom. The summed E-state index contributed by atoms with van der Waals surface area (Å²) in [6.45, 7) is 0.466. The lowest BCUT2D eigenvalue weighted by Gasteiger charge is -2.36. The van der Waals surface area contributed by atoms with E-state index in [1.54, 1.807) is 12.3 Å². The first kappa shape index (κ1) is 16.2. The molecule has 1 N–H and O–H groups in total. The lowest BCUT2D eigenvalue weighted by molar-refractivity contribution is 0.185. The number of aromatic amines is 1. The molecule has 126 valence electrons. The molecule has 1 saturated carbocycles. The fourth-order valence-electron chi connectivity index (χ4n) is 3.51. The van der Waals surface area contributed by atoms with Crippen LogP contribution in [0.5, 0.6) is 0 Å². The first-order chi connectivity index (χ1) is 10.9. The lowest BCUT2D eigenvalue weighted by atomic mass is 9.94. The largest absolute Gasteiger partial charge is 0.297 e. The van der Waals surface area contributed by atoms with E-state index in [2.05, 4.69) is 10.1 Å². The number of hydrogen-bond donors (Lipinski definition) is 1. The van der Waals surface area contributed by atoms with Gasteiger partial charge >= 0.3 is 0 Å². The summed E-state index contributed by atoms with van der Waals surface area (Å²) in [5.74, 6) is 0. The van der Waals surface area contributed by atoms with Crippen LogP contribution in [0, 0.1) is 0 Å². The van der Waals surface area contributed by atoms with Gasteiger partial charge < -0.3 is 0 Å². The molecule has 2 aromatic heterocycles. The molecule has 2 heterocycles. The summed E-state index contributed by atoms with van der Waals surface area (Å²) in [5, 5.41) is 2.47. The number of hydrogen-bond acceptors (Lipinski definition) is 5. The highest BCUT2D eigenvalue weighted by atomic mass is 32.2. The van der Waals surface area contributed by atoms with Gasteiger partial charge in [0.05, 0.1) is 10.9 Å². The molecule has 1 aliphatic rings. The average molecular weight is 338 g/mol. The highest BCUT2D eigenvalue weighted by Crippen LogP contribution is 2.28. The van der Waals surface area contributed by atoms with Crippen molar-refractivity contribution in [2.24, 2.45) is 0 Å². The Kier molecular flexibility index (Phi) is 4.29. The van der Waals surface area contributed by atoms with Crippen LogP contribution in [-0.4, -0.2) is 52.5 Å². The van der Waals surface area contributed by atoms with Gasteiger partial charge in [0.15, 0.2) is 15.5 Å². The third-order valence-electron chi connectivity index (χ3n) is 4.63. The summed E-state index contributed by atoms with van der Waals surface area (Å²) in [4.78, 5) is 18.5. The van der Waals surface area contributed by atoms with E-state index in [0.29, 0.717) is 24.3 Å². The van der Waals surface area contributed by atoms with Crippen LogP contribution in [-0.2, 0) is 16.4 Å². The Bertz CT molecular complexity index is 855. The van der Waals surface area contributed by atoms with Crippen molar-refractivity contribution in [1.82, 2.24) is 19.5 Å². The minimum Gasteiger partial charge on any atom is -0.297 e. The first-order valence-electron chi connectivity index (χ1n) is 7.81. The highest BCUT2D eigenvalue weighted by Gasteiger charge is 2.35. The van der Waals surface area contributed by atoms with Crippen molar-refractivity contribution in [2.75, 3.05) is 13.3 Å². The van der Waals surface area contributed by atoms with Crippen molar-refractivity contribution in [3.05, 3.63) is 34.4 Å². The maximum absolute atomic E-state index is 12.0. The summed E-state index contributed by atoms with van der Waals surface area (Å²) in [5.41, 5.74) is 1.07. The van der Waals surface area contributed by atoms with E-state index in [1.807, 2.05) is 11.9 Å². The first-order valence-corrected chi connectivity index (χ1v) is 9.77. The molecule has 0 saturated heterocycles. The number of fused-ring (bicyclic) bond motifs is 1. The topological polar surface area (TPSA) is 87.5 Å². The SMILES string of the molecule is CN(Cc1cc(=O)n2[nH]ccc2n1)[C@H]1CCCC[C@H]1S(C)(=O)=O. The van der Waals surface area contributed by atoms with Gasteiger partial charge in [-0.15, -0.1) is 0 Å². The van der Waals surface area contributed by atoms with Crippen LogP contribution in [0.25, 0.3) is 5.65 Å². The summed E-state index contributed by atoms with van der Waals surface area (Å²) in [6, 6.07) is 3.22. The normalized spacial score (nSPS) is 22.7. The van der Waals surface area contributed by atoms with E-state index in [0.717, 1.165) is 19.3 Å². The minimum atomic E-state index is -3.08. The summed E-state index contributed by atoms with van der Waals surface area (Å²) in [7, 11) is -1.17. The lowest BCUT2D eigenvalue weighted by Crippen LogP contribution is -2.46. The maximum atomic E-state index is 12.0. The van der Waals surface area contributed by atoms with Gasteiger partial charge in [-0.25, -0.2) is 17.9 Å². The number of nitrogens with one attached hydrogen (secondary N) is 1. The predicted molar refractivity (Wildman–Crippen MR) is 88.2 cm³/mol. The van der Waals surface area contributed by atoms with E-state index < -0.39 is 9.84 Å². The molecule has 0 unspecified atom stereocenters. The molecule has 7 nitrogen and oxygen atoms in total. The molecule has 8 heteroatoms. The Balaban J connectivity index is 1.84. The molecular weight excluding hydrogens is 316 g/mol. The monoisotopic (exact) mass is 338 g/mol.